The predicted octanol–water partition coefficient (Wildman–Crippen LogP) is 3.40. The molecular weight excluding hydrogens is 252 g/mol. The molecule has 82 valence electrons. The van der Waals surface area contributed by atoms with E-state index in [0.717, 1.165) is 11.0 Å². The van der Waals surface area contributed by atoms with E-state index in [0.29, 0.717) is 0 Å². The van der Waals surface area contributed by atoms with Gasteiger partial charge in [-0.05, 0) is 38.5 Å². The zero-order chi connectivity index (χ0) is 11.2. The minimum Gasteiger partial charge on any atom is -0.381 e. The van der Waals surface area contributed by atoms with Crippen molar-refractivity contribution >= 4 is 27.3 Å². The van der Waals surface area contributed by atoms with E-state index in [1.165, 1.54) is 16.9 Å². The summed E-state index contributed by atoms with van der Waals surface area (Å²) in [6.07, 6.45) is 0. The number of anilines is 2. The third kappa shape index (κ3) is 1.73. The Hall–Kier alpha value is -0.700. The summed E-state index contributed by atoms with van der Waals surface area (Å²) in [4.78, 5) is 2.36. The first-order valence-corrected chi connectivity index (χ1v) is 5.99. The van der Waals surface area contributed by atoms with Crippen molar-refractivity contribution in [1.82, 2.24) is 0 Å². The number of benzene rings is 1. The smallest absolute Gasteiger partial charge is 0.0634 e. The normalized spacial score (nSPS) is 18.3. The molecule has 0 unspecified atom stereocenters. The van der Waals surface area contributed by atoms with E-state index in [-0.39, 0.29) is 5.54 Å². The fourth-order valence-corrected chi connectivity index (χ4v) is 2.62. The van der Waals surface area contributed by atoms with Crippen LogP contribution in [0.15, 0.2) is 16.6 Å². The number of hydrogen-bond donors (Lipinski definition) is 1. The average molecular weight is 269 g/mol. The number of aryl methyl sites for hydroxylation is 1. The standard InChI is InChI=1S/C12H17BrN2/c1-8-5-9(13)6-10-11(8)15(4)12(2,3)7-14-10/h5-6,14H,7H2,1-4H3. The Balaban J connectivity index is 2.57. The lowest BCUT2D eigenvalue weighted by molar-refractivity contribution is 0.502. The molecule has 15 heavy (non-hydrogen) atoms. The topological polar surface area (TPSA) is 15.3 Å². The quantitative estimate of drug-likeness (QED) is 0.776. The van der Waals surface area contributed by atoms with Gasteiger partial charge in [0.1, 0.15) is 0 Å². The number of fused-ring (bicyclic) bond motifs is 1. The van der Waals surface area contributed by atoms with Crippen molar-refractivity contribution in [1.29, 1.82) is 0 Å². The van der Waals surface area contributed by atoms with Crippen LogP contribution in [0.1, 0.15) is 19.4 Å². The van der Waals surface area contributed by atoms with Gasteiger partial charge in [0.15, 0.2) is 0 Å². The zero-order valence-electron chi connectivity index (χ0n) is 9.69. The lowest BCUT2D eigenvalue weighted by Crippen LogP contribution is -2.50. The van der Waals surface area contributed by atoms with Crippen LogP contribution in [0.2, 0.25) is 0 Å². The molecule has 0 fully saturated rings. The van der Waals surface area contributed by atoms with E-state index in [1.807, 2.05) is 0 Å². The average Bonchev–Trinajstić information content (AvgIpc) is 2.11. The van der Waals surface area contributed by atoms with Crippen LogP contribution in [0.25, 0.3) is 0 Å². The number of halogens is 1. The molecule has 0 amide bonds. The highest BCUT2D eigenvalue weighted by Crippen LogP contribution is 2.39. The lowest BCUT2D eigenvalue weighted by Gasteiger charge is -2.44. The molecule has 2 rings (SSSR count). The van der Waals surface area contributed by atoms with Crippen LogP contribution in [0, 0.1) is 6.92 Å². The van der Waals surface area contributed by atoms with Crippen LogP contribution >= 0.6 is 15.9 Å². The molecule has 2 nitrogen and oxygen atoms in total. The van der Waals surface area contributed by atoms with E-state index < -0.39 is 0 Å². The summed E-state index contributed by atoms with van der Waals surface area (Å²) in [5, 5.41) is 3.49. The highest BCUT2D eigenvalue weighted by atomic mass is 79.9. The maximum atomic E-state index is 3.53. The molecular formula is C12H17BrN2. The Morgan fingerprint density at radius 2 is 2.07 bits per heavy atom. The van der Waals surface area contributed by atoms with Crippen LogP contribution in [0.3, 0.4) is 0 Å². The molecule has 0 saturated carbocycles. The molecule has 1 aromatic rings. The van der Waals surface area contributed by atoms with Gasteiger partial charge in [-0.2, -0.15) is 0 Å². The van der Waals surface area contributed by atoms with E-state index in [1.54, 1.807) is 0 Å². The molecule has 0 aromatic heterocycles. The third-order valence-electron chi connectivity index (χ3n) is 3.22. The van der Waals surface area contributed by atoms with Crippen molar-refractivity contribution in [3.8, 4) is 0 Å². The third-order valence-corrected chi connectivity index (χ3v) is 3.68. The van der Waals surface area contributed by atoms with Crippen LogP contribution in [-0.4, -0.2) is 19.1 Å². The Kier molecular flexibility index (Phi) is 2.45. The van der Waals surface area contributed by atoms with E-state index in [9.17, 15) is 0 Å². The molecule has 0 atom stereocenters. The summed E-state index contributed by atoms with van der Waals surface area (Å²) in [7, 11) is 2.17. The van der Waals surface area contributed by atoms with Gasteiger partial charge in [0.25, 0.3) is 0 Å². The second-order valence-corrected chi connectivity index (χ2v) is 5.76. The summed E-state index contributed by atoms with van der Waals surface area (Å²) in [6.45, 7) is 7.64. The fourth-order valence-electron chi connectivity index (χ4n) is 2.05. The van der Waals surface area contributed by atoms with Gasteiger partial charge in [-0.3, -0.25) is 0 Å². The van der Waals surface area contributed by atoms with Crippen molar-refractivity contribution in [3.63, 3.8) is 0 Å². The first kappa shape index (κ1) is 10.8. The van der Waals surface area contributed by atoms with Gasteiger partial charge in [0.05, 0.1) is 16.9 Å². The molecule has 0 spiro atoms. The molecule has 1 N–H and O–H groups in total. The Bertz CT molecular complexity index is 399. The number of hydrogen-bond acceptors (Lipinski definition) is 2. The van der Waals surface area contributed by atoms with Crippen LogP contribution < -0.4 is 10.2 Å². The first-order chi connectivity index (χ1) is 6.92. The van der Waals surface area contributed by atoms with Gasteiger partial charge in [-0.25, -0.2) is 0 Å². The fraction of sp³-hybridized carbons (Fsp3) is 0.500. The van der Waals surface area contributed by atoms with Gasteiger partial charge in [0.2, 0.25) is 0 Å². The van der Waals surface area contributed by atoms with Gasteiger partial charge >= 0.3 is 0 Å². The van der Waals surface area contributed by atoms with Crippen LogP contribution in [0.5, 0.6) is 0 Å². The number of likely N-dealkylation sites (N-methyl/N-ethyl adjacent to an activating group) is 1. The number of nitrogens with zero attached hydrogens (tertiary/aromatic N) is 1. The Morgan fingerprint density at radius 1 is 1.40 bits per heavy atom. The highest BCUT2D eigenvalue weighted by Gasteiger charge is 2.30. The van der Waals surface area contributed by atoms with E-state index in [4.69, 9.17) is 0 Å². The maximum Gasteiger partial charge on any atom is 0.0634 e. The molecule has 0 aliphatic carbocycles. The number of nitrogens with one attached hydrogen (secondary N) is 1. The van der Waals surface area contributed by atoms with Gasteiger partial charge in [-0.1, -0.05) is 15.9 Å². The van der Waals surface area contributed by atoms with Gasteiger partial charge < -0.3 is 10.2 Å². The highest BCUT2D eigenvalue weighted by molar-refractivity contribution is 9.10. The molecule has 0 bridgehead atoms. The van der Waals surface area contributed by atoms with Crippen molar-refractivity contribution in [2.75, 3.05) is 23.8 Å². The molecule has 0 saturated heterocycles. The second-order valence-electron chi connectivity index (χ2n) is 4.84. The lowest BCUT2D eigenvalue weighted by atomic mass is 9.97. The summed E-state index contributed by atoms with van der Waals surface area (Å²) < 4.78 is 1.14. The minimum absolute atomic E-state index is 0.172. The second kappa shape index (κ2) is 3.41. The summed E-state index contributed by atoms with van der Waals surface area (Å²) in [6, 6.07) is 4.31. The number of rotatable bonds is 0. The van der Waals surface area contributed by atoms with Crippen LogP contribution in [-0.2, 0) is 0 Å². The first-order valence-electron chi connectivity index (χ1n) is 5.20. The summed E-state index contributed by atoms with van der Waals surface area (Å²) in [5.41, 5.74) is 4.02. The van der Waals surface area contributed by atoms with Crippen molar-refractivity contribution in [2.24, 2.45) is 0 Å². The predicted molar refractivity (Wildman–Crippen MR) is 69.9 cm³/mol. The van der Waals surface area contributed by atoms with Crippen molar-refractivity contribution < 1.29 is 0 Å². The molecule has 1 heterocycles. The zero-order valence-corrected chi connectivity index (χ0v) is 11.3. The molecule has 1 aromatic carbocycles. The minimum atomic E-state index is 0.172. The Morgan fingerprint density at radius 3 is 2.73 bits per heavy atom. The van der Waals surface area contributed by atoms with Crippen molar-refractivity contribution in [2.45, 2.75) is 26.3 Å². The van der Waals surface area contributed by atoms with Gasteiger partial charge in [-0.15, -0.1) is 0 Å². The maximum absolute atomic E-state index is 3.53. The van der Waals surface area contributed by atoms with Crippen molar-refractivity contribution in [3.05, 3.63) is 22.2 Å². The molecule has 0 radical (unpaired) electrons. The summed E-state index contributed by atoms with van der Waals surface area (Å²) in [5.74, 6) is 0. The largest absolute Gasteiger partial charge is 0.381 e. The Labute approximate surface area is 99.8 Å². The molecule has 3 heteroatoms. The van der Waals surface area contributed by atoms with E-state index in [2.05, 4.69) is 66.1 Å². The van der Waals surface area contributed by atoms with Gasteiger partial charge in [0, 0.05) is 18.1 Å². The monoisotopic (exact) mass is 268 g/mol. The molecule has 1 aliphatic heterocycles. The summed E-state index contributed by atoms with van der Waals surface area (Å²) >= 11 is 3.53. The molecule has 1 aliphatic rings. The van der Waals surface area contributed by atoms with E-state index >= 15 is 0 Å². The van der Waals surface area contributed by atoms with Crippen LogP contribution in [0.4, 0.5) is 11.4 Å². The SMILES string of the molecule is Cc1cc(Br)cc2c1N(C)C(C)(C)CN2.